The van der Waals surface area contributed by atoms with E-state index in [2.05, 4.69) is 49.9 Å². The summed E-state index contributed by atoms with van der Waals surface area (Å²) in [5, 5.41) is 3.28. The highest BCUT2D eigenvalue weighted by molar-refractivity contribution is 14.1. The molecule has 0 saturated heterocycles. The first-order chi connectivity index (χ1) is 8.56. The number of benzene rings is 2. The standard InChI is InChI=1S/C14H12BrFIN/c1-9-2-3-10(6-13(9)16)8-18-11-4-5-12(15)14(17)7-11/h2-7,18H,8H2,1H3. The van der Waals surface area contributed by atoms with E-state index in [4.69, 9.17) is 0 Å². The molecule has 0 fully saturated rings. The minimum absolute atomic E-state index is 0.153. The summed E-state index contributed by atoms with van der Waals surface area (Å²) in [4.78, 5) is 0. The molecule has 4 heteroatoms. The molecule has 0 heterocycles. The van der Waals surface area contributed by atoms with Gasteiger partial charge in [-0.25, -0.2) is 4.39 Å². The molecule has 0 amide bonds. The zero-order chi connectivity index (χ0) is 13.1. The fourth-order valence-corrected chi connectivity index (χ4v) is 2.32. The molecular weight excluding hydrogens is 408 g/mol. The highest BCUT2D eigenvalue weighted by atomic mass is 127. The maximum atomic E-state index is 13.4. The van der Waals surface area contributed by atoms with Crippen molar-refractivity contribution in [3.8, 4) is 0 Å². The second-order valence-corrected chi connectivity index (χ2v) is 6.08. The molecule has 94 valence electrons. The molecular formula is C14H12BrFIN. The molecule has 2 aromatic carbocycles. The van der Waals surface area contributed by atoms with Gasteiger partial charge in [0.1, 0.15) is 5.82 Å². The van der Waals surface area contributed by atoms with Crippen LogP contribution in [0.3, 0.4) is 0 Å². The lowest BCUT2D eigenvalue weighted by atomic mass is 10.1. The summed E-state index contributed by atoms with van der Waals surface area (Å²) < 4.78 is 15.6. The van der Waals surface area contributed by atoms with E-state index in [1.54, 1.807) is 19.1 Å². The number of hydrogen-bond donors (Lipinski definition) is 1. The first kappa shape index (κ1) is 13.8. The topological polar surface area (TPSA) is 12.0 Å². The van der Waals surface area contributed by atoms with Crippen molar-refractivity contribution in [2.75, 3.05) is 5.32 Å². The lowest BCUT2D eigenvalue weighted by Crippen LogP contribution is -2.00. The Labute approximate surface area is 128 Å². The summed E-state index contributed by atoms with van der Waals surface area (Å²) in [5.41, 5.74) is 2.65. The van der Waals surface area contributed by atoms with Crippen LogP contribution in [0.4, 0.5) is 10.1 Å². The lowest BCUT2D eigenvalue weighted by molar-refractivity contribution is 0.616. The van der Waals surface area contributed by atoms with Crippen molar-refractivity contribution in [2.24, 2.45) is 0 Å². The highest BCUT2D eigenvalue weighted by Gasteiger charge is 2.01. The van der Waals surface area contributed by atoms with Crippen molar-refractivity contribution < 1.29 is 4.39 Å². The Bertz CT molecular complexity index is 520. The van der Waals surface area contributed by atoms with Crippen LogP contribution in [0.5, 0.6) is 0 Å². The van der Waals surface area contributed by atoms with Gasteiger partial charge in [0, 0.05) is 20.3 Å². The maximum absolute atomic E-state index is 13.4. The molecule has 0 radical (unpaired) electrons. The van der Waals surface area contributed by atoms with E-state index in [1.165, 1.54) is 0 Å². The minimum Gasteiger partial charge on any atom is -0.381 e. The molecule has 0 atom stereocenters. The number of nitrogens with one attached hydrogen (secondary N) is 1. The smallest absolute Gasteiger partial charge is 0.126 e. The van der Waals surface area contributed by atoms with Crippen LogP contribution >= 0.6 is 38.5 Å². The van der Waals surface area contributed by atoms with Crippen LogP contribution in [-0.4, -0.2) is 0 Å². The number of halogens is 3. The minimum atomic E-state index is -0.153. The zero-order valence-electron chi connectivity index (χ0n) is 9.81. The van der Waals surface area contributed by atoms with Crippen molar-refractivity contribution in [3.05, 3.63) is 61.4 Å². The molecule has 0 unspecified atom stereocenters. The first-order valence-electron chi connectivity index (χ1n) is 5.50. The van der Waals surface area contributed by atoms with Crippen molar-refractivity contribution in [2.45, 2.75) is 13.5 Å². The van der Waals surface area contributed by atoms with Crippen molar-refractivity contribution in [1.82, 2.24) is 0 Å². The number of aryl methyl sites for hydroxylation is 1. The van der Waals surface area contributed by atoms with E-state index in [0.29, 0.717) is 12.1 Å². The largest absolute Gasteiger partial charge is 0.381 e. The third-order valence-electron chi connectivity index (χ3n) is 2.65. The van der Waals surface area contributed by atoms with Gasteiger partial charge in [-0.2, -0.15) is 0 Å². The second-order valence-electron chi connectivity index (χ2n) is 4.07. The molecule has 18 heavy (non-hydrogen) atoms. The third-order valence-corrected chi connectivity index (χ3v) is 4.98. The first-order valence-corrected chi connectivity index (χ1v) is 7.37. The molecule has 0 aliphatic heterocycles. The fourth-order valence-electron chi connectivity index (χ4n) is 1.56. The Balaban J connectivity index is 2.06. The monoisotopic (exact) mass is 419 g/mol. The summed E-state index contributed by atoms with van der Waals surface area (Å²) >= 11 is 5.73. The molecule has 2 aromatic rings. The summed E-state index contributed by atoms with van der Waals surface area (Å²) in [6, 6.07) is 11.4. The summed E-state index contributed by atoms with van der Waals surface area (Å²) in [5.74, 6) is -0.153. The molecule has 0 saturated carbocycles. The molecule has 2 rings (SSSR count). The zero-order valence-corrected chi connectivity index (χ0v) is 13.5. The van der Waals surface area contributed by atoms with Crippen molar-refractivity contribution in [3.63, 3.8) is 0 Å². The van der Waals surface area contributed by atoms with Gasteiger partial charge < -0.3 is 5.32 Å². The van der Waals surface area contributed by atoms with Crippen molar-refractivity contribution >= 4 is 44.2 Å². The van der Waals surface area contributed by atoms with Gasteiger partial charge >= 0.3 is 0 Å². The van der Waals surface area contributed by atoms with E-state index in [1.807, 2.05) is 18.2 Å². The summed E-state index contributed by atoms with van der Waals surface area (Å²) in [7, 11) is 0. The molecule has 0 aliphatic rings. The molecule has 0 aromatic heterocycles. The van der Waals surface area contributed by atoms with Gasteiger partial charge in [-0.3, -0.25) is 0 Å². The lowest BCUT2D eigenvalue weighted by Gasteiger charge is -2.08. The van der Waals surface area contributed by atoms with Gasteiger partial charge in [0.15, 0.2) is 0 Å². The van der Waals surface area contributed by atoms with E-state index < -0.39 is 0 Å². The van der Waals surface area contributed by atoms with Gasteiger partial charge in [-0.05, 0) is 80.8 Å². The van der Waals surface area contributed by atoms with Gasteiger partial charge in [-0.1, -0.05) is 12.1 Å². The maximum Gasteiger partial charge on any atom is 0.126 e. The van der Waals surface area contributed by atoms with E-state index in [-0.39, 0.29) is 5.82 Å². The van der Waals surface area contributed by atoms with Gasteiger partial charge in [0.05, 0.1) is 0 Å². The van der Waals surface area contributed by atoms with Crippen LogP contribution in [-0.2, 0) is 6.54 Å². The summed E-state index contributed by atoms with van der Waals surface area (Å²) in [6.45, 7) is 2.39. The number of hydrogen-bond acceptors (Lipinski definition) is 1. The van der Waals surface area contributed by atoms with E-state index >= 15 is 0 Å². The van der Waals surface area contributed by atoms with E-state index in [0.717, 1.165) is 19.3 Å². The summed E-state index contributed by atoms with van der Waals surface area (Å²) in [6.07, 6.45) is 0. The van der Waals surface area contributed by atoms with Crippen LogP contribution in [0.15, 0.2) is 40.9 Å². The van der Waals surface area contributed by atoms with Gasteiger partial charge in [-0.15, -0.1) is 0 Å². The van der Waals surface area contributed by atoms with Crippen LogP contribution in [0.2, 0.25) is 0 Å². The second kappa shape index (κ2) is 6.02. The molecule has 1 nitrogen and oxygen atoms in total. The normalized spacial score (nSPS) is 10.4. The van der Waals surface area contributed by atoms with Crippen LogP contribution < -0.4 is 5.32 Å². The van der Waals surface area contributed by atoms with Gasteiger partial charge in [0.25, 0.3) is 0 Å². The van der Waals surface area contributed by atoms with Gasteiger partial charge in [0.2, 0.25) is 0 Å². The number of rotatable bonds is 3. The Hall–Kier alpha value is -0.620. The third kappa shape index (κ3) is 3.45. The van der Waals surface area contributed by atoms with Crippen LogP contribution in [0, 0.1) is 16.3 Å². The Morgan fingerprint density at radius 3 is 2.67 bits per heavy atom. The predicted molar refractivity (Wildman–Crippen MR) is 85.3 cm³/mol. The van der Waals surface area contributed by atoms with Crippen LogP contribution in [0.25, 0.3) is 0 Å². The predicted octanol–water partition coefficient (Wildman–Crippen LogP) is 5.11. The Morgan fingerprint density at radius 2 is 2.00 bits per heavy atom. The highest BCUT2D eigenvalue weighted by Crippen LogP contribution is 2.23. The Morgan fingerprint density at radius 1 is 1.22 bits per heavy atom. The average molecular weight is 420 g/mol. The van der Waals surface area contributed by atoms with Crippen molar-refractivity contribution in [1.29, 1.82) is 0 Å². The molecule has 1 N–H and O–H groups in total. The number of anilines is 1. The fraction of sp³-hybridized carbons (Fsp3) is 0.143. The average Bonchev–Trinajstić information content (AvgIpc) is 2.35. The Kier molecular flexibility index (Phi) is 4.61. The molecule has 0 aliphatic carbocycles. The molecule has 0 spiro atoms. The molecule has 0 bridgehead atoms. The van der Waals surface area contributed by atoms with E-state index in [9.17, 15) is 4.39 Å². The SMILES string of the molecule is Cc1ccc(CNc2ccc(Br)c(I)c2)cc1F. The quantitative estimate of drug-likeness (QED) is 0.681. The van der Waals surface area contributed by atoms with Crippen LogP contribution in [0.1, 0.15) is 11.1 Å².